The Balaban J connectivity index is 1.74. The fourth-order valence-corrected chi connectivity index (χ4v) is 3.52. The third kappa shape index (κ3) is 5.92. The van der Waals surface area contributed by atoms with Gasteiger partial charge in [-0.05, 0) is 24.6 Å². The highest BCUT2D eigenvalue weighted by Gasteiger charge is 2.20. The third-order valence-corrected chi connectivity index (χ3v) is 5.17. The van der Waals surface area contributed by atoms with Crippen LogP contribution in [-0.2, 0) is 19.6 Å². The van der Waals surface area contributed by atoms with Gasteiger partial charge in [0.25, 0.3) is 0 Å². The van der Waals surface area contributed by atoms with Crippen LogP contribution in [0.5, 0.6) is 0 Å². The molecule has 0 radical (unpaired) electrons. The highest BCUT2D eigenvalue weighted by molar-refractivity contribution is 6.55. The van der Waals surface area contributed by atoms with Crippen LogP contribution in [0.2, 0.25) is 0 Å². The van der Waals surface area contributed by atoms with E-state index in [0.29, 0.717) is 19.0 Å². The summed E-state index contributed by atoms with van der Waals surface area (Å²) in [6.07, 6.45) is 0. The first-order chi connectivity index (χ1) is 16.8. The first kappa shape index (κ1) is 23.7. The van der Waals surface area contributed by atoms with Gasteiger partial charge in [0, 0.05) is 16.3 Å². The Morgan fingerprint density at radius 1 is 0.588 bits per heavy atom. The van der Waals surface area contributed by atoms with Crippen molar-refractivity contribution in [2.45, 2.75) is 13.8 Å². The highest BCUT2D eigenvalue weighted by Crippen LogP contribution is 2.20. The average Bonchev–Trinajstić information content (AvgIpc) is 3.35. The largest absolute Gasteiger partial charge is 0.237 e. The molecule has 3 aromatic carbocycles. The number of nitrogens with zero attached hydrogens (tertiary/aromatic N) is 2. The minimum absolute atomic E-state index is 0.281. The smallest absolute Gasteiger partial charge is 0.160 e. The molecule has 0 saturated carbocycles. The van der Waals surface area contributed by atoms with Crippen LogP contribution in [-0.4, -0.2) is 37.9 Å². The maximum Gasteiger partial charge on any atom is 0.160 e. The fraction of sp³-hybridized carbons (Fsp3) is 0.214. The first-order valence-electron chi connectivity index (χ1n) is 11.4. The summed E-state index contributed by atoms with van der Waals surface area (Å²) in [5.41, 5.74) is 4.72. The third-order valence-electron chi connectivity index (χ3n) is 5.17. The van der Waals surface area contributed by atoms with Gasteiger partial charge < -0.3 is 0 Å². The molecule has 4 rings (SSSR count). The number of hydrogen-bond donors (Lipinski definition) is 0. The second-order valence-corrected chi connectivity index (χ2v) is 7.49. The van der Waals surface area contributed by atoms with Crippen LogP contribution in [0.4, 0.5) is 0 Å². The van der Waals surface area contributed by atoms with E-state index in [1.807, 2.05) is 74.5 Å². The lowest BCUT2D eigenvalue weighted by molar-refractivity contribution is -0.293. The molecule has 1 aliphatic heterocycles. The summed E-state index contributed by atoms with van der Waals surface area (Å²) >= 11 is 0. The molecule has 0 unspecified atom stereocenters. The van der Waals surface area contributed by atoms with Crippen molar-refractivity contribution in [1.29, 1.82) is 0 Å². The summed E-state index contributed by atoms with van der Waals surface area (Å²) in [5, 5.41) is 1.90. The summed E-state index contributed by atoms with van der Waals surface area (Å²) in [6.45, 7) is 5.25. The molecule has 1 heterocycles. The van der Waals surface area contributed by atoms with Crippen LogP contribution in [0, 0.1) is 0 Å². The minimum Gasteiger partial charge on any atom is -0.237 e. The van der Waals surface area contributed by atoms with E-state index >= 15 is 0 Å². The molecule has 0 N–H and O–H groups in total. The lowest BCUT2D eigenvalue weighted by Gasteiger charge is -2.08. The molecule has 6 nitrogen and oxygen atoms in total. The zero-order valence-corrected chi connectivity index (χ0v) is 19.4. The van der Waals surface area contributed by atoms with Crippen LogP contribution in [0.3, 0.4) is 0 Å². The van der Waals surface area contributed by atoms with Gasteiger partial charge >= 0.3 is 0 Å². The van der Waals surface area contributed by atoms with Crippen LogP contribution in [0.25, 0.3) is 11.4 Å². The Morgan fingerprint density at radius 2 is 1.06 bits per heavy atom. The standard InChI is InChI=1S/C28H28N2O4/c1-3-31-33-19-25(20-34-32-4-2)21-15-17-24(18-16-21)28-29-26(22-11-7-5-8-12-22)27(30-28)23-13-9-6-10-14-23/h5-18H,3-4,19-20H2,1-2H3. The molecule has 6 heteroatoms. The topological polar surface area (TPSA) is 61.6 Å². The minimum atomic E-state index is 0.281. The van der Waals surface area contributed by atoms with Gasteiger partial charge in [-0.3, -0.25) is 0 Å². The number of aliphatic imine (C=N–C) groups is 2. The monoisotopic (exact) mass is 456 g/mol. The van der Waals surface area contributed by atoms with Gasteiger partial charge in [-0.15, -0.1) is 0 Å². The van der Waals surface area contributed by atoms with Crippen molar-refractivity contribution in [2.24, 2.45) is 9.98 Å². The normalized spacial score (nSPS) is 13.1. The van der Waals surface area contributed by atoms with E-state index in [9.17, 15) is 0 Å². The molecule has 0 fully saturated rings. The van der Waals surface area contributed by atoms with Crippen molar-refractivity contribution in [3.8, 4) is 0 Å². The molecule has 0 aromatic heterocycles. The summed E-state index contributed by atoms with van der Waals surface area (Å²) in [5.74, 6) is 0.682. The lowest BCUT2D eigenvalue weighted by Crippen LogP contribution is -2.18. The highest BCUT2D eigenvalue weighted by atomic mass is 17.2. The van der Waals surface area contributed by atoms with Gasteiger partial charge in [0.05, 0.1) is 24.6 Å². The zero-order chi connectivity index (χ0) is 23.6. The molecule has 0 bridgehead atoms. The van der Waals surface area contributed by atoms with E-state index < -0.39 is 0 Å². The molecule has 0 atom stereocenters. The van der Waals surface area contributed by atoms with Crippen molar-refractivity contribution >= 4 is 22.8 Å². The Kier molecular flexibility index (Phi) is 8.48. The fourth-order valence-electron chi connectivity index (χ4n) is 3.52. The van der Waals surface area contributed by atoms with E-state index in [1.165, 1.54) is 0 Å². The summed E-state index contributed by atoms with van der Waals surface area (Å²) in [6, 6.07) is 28.3. The van der Waals surface area contributed by atoms with Gasteiger partial charge in [0.15, 0.2) is 5.82 Å². The number of rotatable bonds is 10. The molecule has 0 saturated heterocycles. The van der Waals surface area contributed by atoms with Crippen molar-refractivity contribution in [3.63, 3.8) is 0 Å². The van der Waals surface area contributed by atoms with Crippen LogP contribution >= 0.6 is 0 Å². The second kappa shape index (κ2) is 12.2. The lowest BCUT2D eigenvalue weighted by atomic mass is 10.0. The average molecular weight is 457 g/mol. The Bertz CT molecular complexity index is 1180. The van der Waals surface area contributed by atoms with Crippen LogP contribution in [0.15, 0.2) is 94.9 Å². The molecule has 174 valence electrons. The second-order valence-electron chi connectivity index (χ2n) is 7.49. The van der Waals surface area contributed by atoms with Gasteiger partial charge in [-0.2, -0.15) is 0 Å². The predicted octanol–water partition coefficient (Wildman–Crippen LogP) is 3.83. The van der Waals surface area contributed by atoms with E-state index in [1.54, 1.807) is 0 Å². The van der Waals surface area contributed by atoms with Crippen molar-refractivity contribution in [2.75, 3.05) is 26.4 Å². The zero-order valence-electron chi connectivity index (χ0n) is 19.4. The Morgan fingerprint density at radius 3 is 1.50 bits per heavy atom. The van der Waals surface area contributed by atoms with Crippen molar-refractivity contribution in [1.82, 2.24) is 0 Å². The van der Waals surface area contributed by atoms with Crippen LogP contribution in [0.1, 0.15) is 25.0 Å². The predicted molar refractivity (Wildman–Crippen MR) is 134 cm³/mol. The van der Waals surface area contributed by atoms with E-state index in [2.05, 4.69) is 24.3 Å². The van der Waals surface area contributed by atoms with E-state index in [0.717, 1.165) is 38.6 Å². The molecule has 3 aromatic rings. The Hall–Kier alpha value is -3.42. The van der Waals surface area contributed by atoms with Gasteiger partial charge in [0.2, 0.25) is 0 Å². The molecule has 0 spiro atoms. The summed E-state index contributed by atoms with van der Waals surface area (Å²) in [7, 11) is 0. The molecular formula is C28H28N2O4. The van der Waals surface area contributed by atoms with Crippen molar-refractivity contribution < 1.29 is 19.6 Å². The summed E-state index contributed by atoms with van der Waals surface area (Å²) in [4.78, 5) is 30.5. The maximum atomic E-state index is 5.26. The maximum absolute atomic E-state index is 5.26. The SMILES string of the molecule is CCOOCC(COOCC)=c1ccc(=C2N=C(c3ccccc3)C(c3ccccc3)=N2)cc1. The van der Waals surface area contributed by atoms with Gasteiger partial charge in [0.1, 0.15) is 13.2 Å². The molecule has 34 heavy (non-hydrogen) atoms. The summed E-state index contributed by atoms with van der Waals surface area (Å²) < 4.78 is 0. The van der Waals surface area contributed by atoms with Gasteiger partial charge in [-0.1, -0.05) is 84.9 Å². The van der Waals surface area contributed by atoms with E-state index in [4.69, 9.17) is 29.5 Å². The molecule has 0 aliphatic carbocycles. The van der Waals surface area contributed by atoms with E-state index in [-0.39, 0.29) is 13.2 Å². The quantitative estimate of drug-likeness (QED) is 0.264. The number of hydrogen-bond acceptors (Lipinski definition) is 6. The Labute approximate surface area is 199 Å². The molecule has 0 amide bonds. The first-order valence-corrected chi connectivity index (χ1v) is 11.4. The molecular weight excluding hydrogens is 428 g/mol. The molecule has 1 aliphatic rings. The number of benzene rings is 3. The van der Waals surface area contributed by atoms with Crippen molar-refractivity contribution in [3.05, 3.63) is 106 Å². The van der Waals surface area contributed by atoms with Crippen LogP contribution < -0.4 is 10.4 Å². The van der Waals surface area contributed by atoms with Gasteiger partial charge in [-0.25, -0.2) is 29.5 Å².